The van der Waals surface area contributed by atoms with Crippen LogP contribution in [0.15, 0.2) is 54.9 Å². The van der Waals surface area contributed by atoms with Crippen LogP contribution < -0.4 is 4.74 Å². The molecule has 0 saturated heterocycles. The summed E-state index contributed by atoms with van der Waals surface area (Å²) in [6, 6.07) is 14.1. The number of Topliss-reactive ketones (excluding diaryl/α,β-unsaturated/α-hetero) is 2. The summed E-state index contributed by atoms with van der Waals surface area (Å²) in [5.41, 5.74) is 1.27. The van der Waals surface area contributed by atoms with Crippen LogP contribution in [0.5, 0.6) is 5.75 Å². The second kappa shape index (κ2) is 7.72. The van der Waals surface area contributed by atoms with Crippen molar-refractivity contribution in [2.75, 3.05) is 0 Å². The molecule has 0 aliphatic carbocycles. The third kappa shape index (κ3) is 4.30. The van der Waals surface area contributed by atoms with E-state index in [4.69, 9.17) is 16.3 Å². The molecule has 1 aromatic heterocycles. The molecule has 0 aliphatic rings. The first-order valence-corrected chi connectivity index (χ1v) is 7.89. The van der Waals surface area contributed by atoms with Gasteiger partial charge in [-0.05, 0) is 29.8 Å². The molecule has 2 aromatic carbocycles. The highest BCUT2D eigenvalue weighted by atomic mass is 35.5. The molecule has 1 N–H and O–H groups in total. The summed E-state index contributed by atoms with van der Waals surface area (Å²) in [6.07, 6.45) is 0.914. The number of nitrogens with zero attached hydrogens (tertiary/aromatic N) is 2. The number of para-hydroxylation sites is 1. The SMILES string of the molecule is O=C(CC(=O)c1ccccc1OCc1ccc(Cl)cc1)c1ncn[nH]1. The van der Waals surface area contributed by atoms with Gasteiger partial charge in [-0.25, -0.2) is 4.98 Å². The second-order valence-corrected chi connectivity index (χ2v) is 5.70. The summed E-state index contributed by atoms with van der Waals surface area (Å²) < 4.78 is 5.75. The number of ether oxygens (including phenoxy) is 1. The standard InChI is InChI=1S/C18H14ClN3O3/c19-13-7-5-12(6-8-13)10-25-17-4-2-1-3-14(17)15(23)9-16(24)18-20-11-21-22-18/h1-8,11H,9-10H2,(H,20,21,22). The third-order valence-electron chi connectivity index (χ3n) is 3.50. The van der Waals surface area contributed by atoms with Gasteiger partial charge in [-0.2, -0.15) is 5.10 Å². The zero-order valence-electron chi connectivity index (χ0n) is 13.1. The monoisotopic (exact) mass is 355 g/mol. The summed E-state index contributed by atoms with van der Waals surface area (Å²) in [6.45, 7) is 0.289. The van der Waals surface area contributed by atoms with E-state index in [1.807, 2.05) is 12.1 Å². The fourth-order valence-corrected chi connectivity index (χ4v) is 2.36. The molecule has 7 heteroatoms. The molecular formula is C18H14ClN3O3. The van der Waals surface area contributed by atoms with Gasteiger partial charge in [0.15, 0.2) is 11.6 Å². The number of halogens is 1. The van der Waals surface area contributed by atoms with Gasteiger partial charge in [0.1, 0.15) is 18.7 Å². The Balaban J connectivity index is 1.70. The number of H-pyrrole nitrogens is 1. The van der Waals surface area contributed by atoms with E-state index >= 15 is 0 Å². The average molecular weight is 356 g/mol. The molecule has 0 bridgehead atoms. The predicted molar refractivity (Wildman–Crippen MR) is 91.9 cm³/mol. The quantitative estimate of drug-likeness (QED) is 0.518. The van der Waals surface area contributed by atoms with Gasteiger partial charge in [0, 0.05) is 5.02 Å². The van der Waals surface area contributed by atoms with Gasteiger partial charge in [-0.1, -0.05) is 35.9 Å². The van der Waals surface area contributed by atoms with E-state index in [0.717, 1.165) is 5.56 Å². The van der Waals surface area contributed by atoms with Gasteiger partial charge in [-0.3, -0.25) is 14.7 Å². The van der Waals surface area contributed by atoms with Crippen molar-refractivity contribution in [1.29, 1.82) is 0 Å². The fraction of sp³-hybridized carbons (Fsp3) is 0.111. The summed E-state index contributed by atoms with van der Waals surface area (Å²) in [4.78, 5) is 28.2. The molecule has 126 valence electrons. The van der Waals surface area contributed by atoms with Crippen LogP contribution in [-0.4, -0.2) is 26.7 Å². The number of rotatable bonds is 7. The zero-order valence-corrected chi connectivity index (χ0v) is 13.9. The van der Waals surface area contributed by atoms with Gasteiger partial charge in [0.25, 0.3) is 0 Å². The van der Waals surface area contributed by atoms with Gasteiger partial charge < -0.3 is 4.74 Å². The van der Waals surface area contributed by atoms with Crippen molar-refractivity contribution in [2.45, 2.75) is 13.0 Å². The average Bonchev–Trinajstić information content (AvgIpc) is 3.16. The lowest BCUT2D eigenvalue weighted by molar-refractivity contribution is 0.0886. The molecule has 3 rings (SSSR count). The molecule has 0 spiro atoms. The van der Waals surface area contributed by atoms with Crippen LogP contribution in [0.3, 0.4) is 0 Å². The lowest BCUT2D eigenvalue weighted by Crippen LogP contribution is -2.11. The Hall–Kier alpha value is -2.99. The van der Waals surface area contributed by atoms with Gasteiger partial charge in [0.2, 0.25) is 5.78 Å². The van der Waals surface area contributed by atoms with E-state index in [1.165, 1.54) is 6.33 Å². The van der Waals surface area contributed by atoms with Gasteiger partial charge in [-0.15, -0.1) is 0 Å². The molecule has 1 heterocycles. The molecular weight excluding hydrogens is 342 g/mol. The first-order chi connectivity index (χ1) is 12.1. The Bertz CT molecular complexity index is 877. The minimum absolute atomic E-state index is 0.0629. The Morgan fingerprint density at radius 3 is 2.52 bits per heavy atom. The summed E-state index contributed by atoms with van der Waals surface area (Å²) in [5, 5.41) is 6.71. The van der Waals surface area contributed by atoms with E-state index in [9.17, 15) is 9.59 Å². The van der Waals surface area contributed by atoms with Crippen molar-refractivity contribution in [3.8, 4) is 5.75 Å². The van der Waals surface area contributed by atoms with Crippen molar-refractivity contribution in [3.63, 3.8) is 0 Å². The zero-order chi connectivity index (χ0) is 17.6. The second-order valence-electron chi connectivity index (χ2n) is 5.27. The third-order valence-corrected chi connectivity index (χ3v) is 3.75. The molecule has 0 radical (unpaired) electrons. The van der Waals surface area contributed by atoms with Crippen LogP contribution >= 0.6 is 11.6 Å². The Morgan fingerprint density at radius 1 is 1.04 bits per heavy atom. The maximum atomic E-state index is 12.4. The Labute approximate surface area is 148 Å². The lowest BCUT2D eigenvalue weighted by atomic mass is 10.0. The molecule has 0 saturated carbocycles. The summed E-state index contributed by atoms with van der Waals surface area (Å²) in [7, 11) is 0. The van der Waals surface area contributed by atoms with Crippen LogP contribution in [0.4, 0.5) is 0 Å². The Morgan fingerprint density at radius 2 is 1.80 bits per heavy atom. The van der Waals surface area contributed by atoms with Crippen LogP contribution in [-0.2, 0) is 6.61 Å². The highest BCUT2D eigenvalue weighted by molar-refractivity contribution is 6.30. The number of carbonyl (C=O) groups is 2. The highest BCUT2D eigenvalue weighted by Crippen LogP contribution is 2.22. The number of ketones is 2. The van der Waals surface area contributed by atoms with Crippen LogP contribution in [0, 0.1) is 0 Å². The molecule has 0 fully saturated rings. The number of hydrogen-bond donors (Lipinski definition) is 1. The smallest absolute Gasteiger partial charge is 0.207 e. The summed E-state index contributed by atoms with van der Waals surface area (Å²) >= 11 is 5.86. The van der Waals surface area contributed by atoms with E-state index in [1.54, 1.807) is 36.4 Å². The predicted octanol–water partition coefficient (Wildman–Crippen LogP) is 3.49. The van der Waals surface area contributed by atoms with Crippen molar-refractivity contribution in [1.82, 2.24) is 15.2 Å². The molecule has 0 unspecified atom stereocenters. The number of nitrogens with one attached hydrogen (secondary N) is 1. The number of benzene rings is 2. The fourth-order valence-electron chi connectivity index (χ4n) is 2.23. The van der Waals surface area contributed by atoms with Crippen LogP contribution in [0.2, 0.25) is 5.02 Å². The van der Waals surface area contributed by atoms with Crippen molar-refractivity contribution in [2.24, 2.45) is 0 Å². The maximum absolute atomic E-state index is 12.4. The van der Waals surface area contributed by atoms with Crippen molar-refractivity contribution in [3.05, 3.63) is 76.8 Å². The topological polar surface area (TPSA) is 84.9 Å². The molecule has 0 atom stereocenters. The van der Waals surface area contributed by atoms with Crippen LogP contribution in [0.1, 0.15) is 33.0 Å². The Kier molecular flexibility index (Phi) is 5.20. The van der Waals surface area contributed by atoms with E-state index in [0.29, 0.717) is 16.3 Å². The first kappa shape index (κ1) is 16.9. The lowest BCUT2D eigenvalue weighted by Gasteiger charge is -2.10. The molecule has 0 aliphatic heterocycles. The van der Waals surface area contributed by atoms with Crippen LogP contribution in [0.25, 0.3) is 0 Å². The van der Waals surface area contributed by atoms with Crippen molar-refractivity contribution >= 4 is 23.2 Å². The van der Waals surface area contributed by atoms with E-state index in [2.05, 4.69) is 15.2 Å². The minimum Gasteiger partial charge on any atom is -0.488 e. The van der Waals surface area contributed by atoms with Gasteiger partial charge in [0.05, 0.1) is 12.0 Å². The number of aromatic nitrogens is 3. The molecule has 0 amide bonds. The number of aromatic amines is 1. The van der Waals surface area contributed by atoms with E-state index < -0.39 is 5.78 Å². The molecule has 3 aromatic rings. The minimum atomic E-state index is -0.421. The first-order valence-electron chi connectivity index (χ1n) is 7.51. The highest BCUT2D eigenvalue weighted by Gasteiger charge is 2.18. The maximum Gasteiger partial charge on any atom is 0.207 e. The molecule has 25 heavy (non-hydrogen) atoms. The van der Waals surface area contributed by atoms with Crippen molar-refractivity contribution < 1.29 is 14.3 Å². The van der Waals surface area contributed by atoms with E-state index in [-0.39, 0.29) is 24.6 Å². The summed E-state index contributed by atoms with van der Waals surface area (Å²) in [5.74, 6) is -0.274. The van der Waals surface area contributed by atoms with Gasteiger partial charge >= 0.3 is 0 Å². The number of carbonyl (C=O) groups excluding carboxylic acids is 2. The normalized spacial score (nSPS) is 10.4. The number of hydrogen-bond acceptors (Lipinski definition) is 5. The largest absolute Gasteiger partial charge is 0.488 e. The molecule has 6 nitrogen and oxygen atoms in total.